The third kappa shape index (κ3) is 3.78. The molecule has 1 aromatic carbocycles. The van der Waals surface area contributed by atoms with Gasteiger partial charge in [-0.1, -0.05) is 18.3 Å². The Bertz CT molecular complexity index is 932. The lowest BCUT2D eigenvalue weighted by atomic mass is 10.3. The van der Waals surface area contributed by atoms with E-state index in [2.05, 4.69) is 32.7 Å². The van der Waals surface area contributed by atoms with Gasteiger partial charge in [-0.05, 0) is 46.7 Å². The standard InChI is InChI=1S/C18H18BrN3O2S2/c1-2-21-7-9-22(10-8-21)18-20-13-4-3-12(11-15(13)26-18)24-17(23)14-5-6-16(19)25-14/h3-6,11H,2,7-10H2,1H3. The largest absolute Gasteiger partial charge is 0.422 e. The lowest BCUT2D eigenvalue weighted by molar-refractivity contribution is 0.0740. The van der Waals surface area contributed by atoms with Gasteiger partial charge in [0.05, 0.1) is 14.0 Å². The second-order valence-corrected chi connectivity index (χ2v) is 9.51. The van der Waals surface area contributed by atoms with E-state index in [4.69, 9.17) is 9.72 Å². The number of likely N-dealkylation sites (N-methyl/N-ethyl adjacent to an activating group) is 1. The summed E-state index contributed by atoms with van der Waals surface area (Å²) < 4.78 is 7.46. The van der Waals surface area contributed by atoms with Crippen molar-refractivity contribution in [1.82, 2.24) is 9.88 Å². The summed E-state index contributed by atoms with van der Waals surface area (Å²) >= 11 is 6.38. The van der Waals surface area contributed by atoms with Crippen molar-refractivity contribution < 1.29 is 9.53 Å². The number of halogens is 1. The SMILES string of the molecule is CCN1CCN(c2nc3ccc(OC(=O)c4ccc(Br)s4)cc3s2)CC1. The molecule has 0 saturated carbocycles. The minimum atomic E-state index is -0.333. The highest BCUT2D eigenvalue weighted by Gasteiger charge is 2.19. The molecular weight excluding hydrogens is 434 g/mol. The smallest absolute Gasteiger partial charge is 0.353 e. The van der Waals surface area contributed by atoms with Crippen LogP contribution in [0, 0.1) is 0 Å². The van der Waals surface area contributed by atoms with Crippen LogP contribution in [-0.4, -0.2) is 48.6 Å². The highest BCUT2D eigenvalue weighted by atomic mass is 79.9. The van der Waals surface area contributed by atoms with Crippen LogP contribution in [0.3, 0.4) is 0 Å². The second-order valence-electron chi connectivity index (χ2n) is 6.04. The zero-order valence-electron chi connectivity index (χ0n) is 14.3. The number of ether oxygens (including phenoxy) is 1. The van der Waals surface area contributed by atoms with E-state index >= 15 is 0 Å². The summed E-state index contributed by atoms with van der Waals surface area (Å²) in [6.45, 7) is 7.46. The number of rotatable bonds is 4. The van der Waals surface area contributed by atoms with E-state index < -0.39 is 0 Å². The van der Waals surface area contributed by atoms with E-state index in [1.54, 1.807) is 23.5 Å². The number of esters is 1. The molecule has 0 aliphatic carbocycles. The van der Waals surface area contributed by atoms with Crippen LogP contribution < -0.4 is 9.64 Å². The second kappa shape index (κ2) is 7.64. The van der Waals surface area contributed by atoms with Gasteiger partial charge < -0.3 is 14.5 Å². The Balaban J connectivity index is 1.50. The lowest BCUT2D eigenvalue weighted by Crippen LogP contribution is -2.46. The number of hydrogen-bond donors (Lipinski definition) is 0. The number of carbonyl (C=O) groups is 1. The molecule has 3 heterocycles. The fourth-order valence-corrected chi connectivity index (χ4v) is 5.24. The predicted molar refractivity (Wildman–Crippen MR) is 111 cm³/mol. The first-order chi connectivity index (χ1) is 12.6. The van der Waals surface area contributed by atoms with E-state index in [-0.39, 0.29) is 5.97 Å². The van der Waals surface area contributed by atoms with Crippen molar-refractivity contribution in [2.45, 2.75) is 6.92 Å². The molecule has 1 saturated heterocycles. The quantitative estimate of drug-likeness (QED) is 0.432. The minimum absolute atomic E-state index is 0.333. The van der Waals surface area contributed by atoms with Crippen LogP contribution in [0.25, 0.3) is 10.2 Å². The number of anilines is 1. The molecule has 0 spiro atoms. The normalized spacial score (nSPS) is 15.5. The molecule has 1 fully saturated rings. The summed E-state index contributed by atoms with van der Waals surface area (Å²) in [5.74, 6) is 0.221. The van der Waals surface area contributed by atoms with Crippen molar-refractivity contribution in [2.24, 2.45) is 0 Å². The molecule has 1 aliphatic heterocycles. The van der Waals surface area contributed by atoms with Crippen LogP contribution in [0.2, 0.25) is 0 Å². The number of carbonyl (C=O) groups excluding carboxylic acids is 1. The number of hydrogen-bond acceptors (Lipinski definition) is 7. The van der Waals surface area contributed by atoms with Gasteiger partial charge in [0.15, 0.2) is 5.13 Å². The molecule has 0 amide bonds. The summed E-state index contributed by atoms with van der Waals surface area (Å²) in [5.41, 5.74) is 0.946. The Hall–Kier alpha value is -1.48. The van der Waals surface area contributed by atoms with E-state index in [0.29, 0.717) is 10.6 Å². The number of piperazine rings is 1. The minimum Gasteiger partial charge on any atom is -0.422 e. The zero-order valence-corrected chi connectivity index (χ0v) is 17.5. The maximum Gasteiger partial charge on any atom is 0.353 e. The summed E-state index contributed by atoms with van der Waals surface area (Å²) in [7, 11) is 0. The first-order valence-corrected chi connectivity index (χ1v) is 10.9. The van der Waals surface area contributed by atoms with Crippen molar-refractivity contribution in [2.75, 3.05) is 37.6 Å². The lowest BCUT2D eigenvalue weighted by Gasteiger charge is -2.33. The zero-order chi connectivity index (χ0) is 18.1. The van der Waals surface area contributed by atoms with E-state index in [1.807, 2.05) is 18.2 Å². The molecule has 2 aromatic heterocycles. The molecule has 3 aromatic rings. The third-order valence-corrected chi connectivity index (χ3v) is 7.11. The van der Waals surface area contributed by atoms with Gasteiger partial charge in [0.1, 0.15) is 10.6 Å². The summed E-state index contributed by atoms with van der Waals surface area (Å²) in [5, 5.41) is 1.04. The molecular formula is C18H18BrN3O2S2. The molecule has 0 unspecified atom stereocenters. The van der Waals surface area contributed by atoms with Crippen LogP contribution in [-0.2, 0) is 0 Å². The fraction of sp³-hybridized carbons (Fsp3) is 0.333. The van der Waals surface area contributed by atoms with Crippen LogP contribution in [0.4, 0.5) is 5.13 Å². The number of benzene rings is 1. The topological polar surface area (TPSA) is 45.7 Å². The highest BCUT2D eigenvalue weighted by molar-refractivity contribution is 9.11. The van der Waals surface area contributed by atoms with E-state index in [9.17, 15) is 4.79 Å². The van der Waals surface area contributed by atoms with Crippen LogP contribution >= 0.6 is 38.6 Å². The molecule has 0 bridgehead atoms. The van der Waals surface area contributed by atoms with Crippen molar-refractivity contribution >= 4 is 59.9 Å². The summed E-state index contributed by atoms with van der Waals surface area (Å²) in [6.07, 6.45) is 0. The Morgan fingerprint density at radius 3 is 2.69 bits per heavy atom. The van der Waals surface area contributed by atoms with Gasteiger partial charge in [0, 0.05) is 32.2 Å². The Kier molecular flexibility index (Phi) is 5.26. The van der Waals surface area contributed by atoms with Gasteiger partial charge in [0.2, 0.25) is 0 Å². The maximum absolute atomic E-state index is 12.2. The van der Waals surface area contributed by atoms with Gasteiger partial charge in [-0.25, -0.2) is 9.78 Å². The fourth-order valence-electron chi connectivity index (χ4n) is 2.93. The molecule has 136 valence electrons. The third-order valence-electron chi connectivity index (χ3n) is 4.42. The molecule has 0 atom stereocenters. The van der Waals surface area contributed by atoms with Gasteiger partial charge in [-0.3, -0.25) is 0 Å². The van der Waals surface area contributed by atoms with Gasteiger partial charge in [0.25, 0.3) is 0 Å². The predicted octanol–water partition coefficient (Wildman–Crippen LogP) is 4.48. The molecule has 5 nitrogen and oxygen atoms in total. The highest BCUT2D eigenvalue weighted by Crippen LogP contribution is 2.32. The van der Waals surface area contributed by atoms with Gasteiger partial charge in [-0.2, -0.15) is 0 Å². The van der Waals surface area contributed by atoms with Crippen LogP contribution in [0.1, 0.15) is 16.6 Å². The Morgan fingerprint density at radius 2 is 2.00 bits per heavy atom. The number of aromatic nitrogens is 1. The number of thiazole rings is 1. The molecule has 0 N–H and O–H groups in total. The first-order valence-electron chi connectivity index (χ1n) is 8.48. The van der Waals surface area contributed by atoms with E-state index in [1.165, 1.54) is 11.3 Å². The molecule has 8 heteroatoms. The number of nitrogens with zero attached hydrogens (tertiary/aromatic N) is 3. The van der Waals surface area contributed by atoms with Gasteiger partial charge in [-0.15, -0.1) is 11.3 Å². The van der Waals surface area contributed by atoms with Crippen LogP contribution in [0.15, 0.2) is 34.1 Å². The van der Waals surface area contributed by atoms with E-state index in [0.717, 1.165) is 51.9 Å². The Labute approximate surface area is 168 Å². The molecule has 1 aliphatic rings. The molecule has 4 rings (SSSR count). The molecule has 0 radical (unpaired) electrons. The maximum atomic E-state index is 12.2. The van der Waals surface area contributed by atoms with Crippen molar-refractivity contribution in [3.05, 3.63) is 39.0 Å². The van der Waals surface area contributed by atoms with Crippen molar-refractivity contribution in [3.63, 3.8) is 0 Å². The Morgan fingerprint density at radius 1 is 1.19 bits per heavy atom. The first kappa shape index (κ1) is 17.9. The van der Waals surface area contributed by atoms with Gasteiger partial charge >= 0.3 is 5.97 Å². The monoisotopic (exact) mass is 451 g/mol. The average molecular weight is 452 g/mol. The molecule has 26 heavy (non-hydrogen) atoms. The average Bonchev–Trinajstić information content (AvgIpc) is 3.27. The number of thiophene rings is 1. The van der Waals surface area contributed by atoms with Crippen molar-refractivity contribution in [1.29, 1.82) is 0 Å². The summed E-state index contributed by atoms with van der Waals surface area (Å²) in [4.78, 5) is 22.3. The summed E-state index contributed by atoms with van der Waals surface area (Å²) in [6, 6.07) is 9.24. The number of fused-ring (bicyclic) bond motifs is 1. The van der Waals surface area contributed by atoms with Crippen molar-refractivity contribution in [3.8, 4) is 5.75 Å². The van der Waals surface area contributed by atoms with Crippen LogP contribution in [0.5, 0.6) is 5.75 Å².